The van der Waals surface area contributed by atoms with Crippen LogP contribution in [0.15, 0.2) is 36.8 Å². The van der Waals surface area contributed by atoms with Gasteiger partial charge in [0.1, 0.15) is 5.65 Å². The molecule has 16 heavy (non-hydrogen) atoms. The number of hydrogen-bond donors (Lipinski definition) is 0. The number of nitrogens with zero attached hydrogens (tertiary/aromatic N) is 2. The van der Waals surface area contributed by atoms with E-state index in [1.54, 1.807) is 6.20 Å². The minimum atomic E-state index is 0.998. The fraction of sp³-hybridized carbons (Fsp3) is 0.500. The largest absolute Gasteiger partial charge is 0.307 e. The predicted octanol–water partition coefficient (Wildman–Crippen LogP) is 4.80. The van der Waals surface area contributed by atoms with Crippen molar-refractivity contribution in [3.63, 3.8) is 0 Å². The van der Waals surface area contributed by atoms with Gasteiger partial charge in [0.15, 0.2) is 0 Å². The SMILES string of the molecule is CC.CC.CCC.c1ccn2ccnc2c1. The van der Waals surface area contributed by atoms with Crippen molar-refractivity contribution in [1.82, 2.24) is 9.38 Å². The predicted molar refractivity (Wildman–Crippen MR) is 73.9 cm³/mol. The van der Waals surface area contributed by atoms with Crippen LogP contribution in [-0.2, 0) is 0 Å². The second-order valence-corrected chi connectivity index (χ2v) is 2.60. The maximum Gasteiger partial charge on any atom is 0.136 e. The first-order valence-corrected chi connectivity index (χ1v) is 6.26. The van der Waals surface area contributed by atoms with Gasteiger partial charge in [-0.3, -0.25) is 0 Å². The van der Waals surface area contributed by atoms with E-state index < -0.39 is 0 Å². The summed E-state index contributed by atoms with van der Waals surface area (Å²) >= 11 is 0. The molecule has 2 heteroatoms. The highest BCUT2D eigenvalue weighted by Crippen LogP contribution is 1.96. The average molecular weight is 222 g/mol. The monoisotopic (exact) mass is 222 g/mol. The summed E-state index contributed by atoms with van der Waals surface area (Å²) in [5, 5.41) is 0. The maximum atomic E-state index is 4.08. The Hall–Kier alpha value is -1.31. The van der Waals surface area contributed by atoms with Crippen molar-refractivity contribution in [3.8, 4) is 0 Å². The van der Waals surface area contributed by atoms with Gasteiger partial charge in [0.2, 0.25) is 0 Å². The standard InChI is InChI=1S/C7H6N2.C3H8.2C2H6/c1-2-5-9-6-4-8-7(9)3-1;1-3-2;2*1-2/h1-6H;3H2,1-2H3;2*1-2H3. The molecule has 2 nitrogen and oxygen atoms in total. The zero-order chi connectivity index (χ0) is 12.8. The summed E-state index contributed by atoms with van der Waals surface area (Å²) in [6.07, 6.45) is 6.94. The molecule has 2 aromatic heterocycles. The van der Waals surface area contributed by atoms with Crippen LogP contribution in [0.5, 0.6) is 0 Å². The lowest BCUT2D eigenvalue weighted by Gasteiger charge is -1.86. The molecule has 2 aromatic rings. The van der Waals surface area contributed by atoms with Crippen molar-refractivity contribution in [1.29, 1.82) is 0 Å². The van der Waals surface area contributed by atoms with E-state index >= 15 is 0 Å². The van der Waals surface area contributed by atoms with Gasteiger partial charge in [0, 0.05) is 18.6 Å². The van der Waals surface area contributed by atoms with Gasteiger partial charge >= 0.3 is 0 Å². The van der Waals surface area contributed by atoms with Crippen LogP contribution >= 0.6 is 0 Å². The quantitative estimate of drug-likeness (QED) is 0.625. The molecule has 0 fully saturated rings. The van der Waals surface area contributed by atoms with E-state index in [0.29, 0.717) is 0 Å². The average Bonchev–Trinajstić information content (AvgIpc) is 2.83. The topological polar surface area (TPSA) is 17.3 Å². The lowest BCUT2D eigenvalue weighted by molar-refractivity contribution is 1.09. The van der Waals surface area contributed by atoms with E-state index in [9.17, 15) is 0 Å². The molecule has 2 heterocycles. The maximum absolute atomic E-state index is 4.08. The highest BCUT2D eigenvalue weighted by Gasteiger charge is 1.85. The highest BCUT2D eigenvalue weighted by atomic mass is 15.0. The molecule has 0 aromatic carbocycles. The molecule has 0 radical (unpaired) electrons. The van der Waals surface area contributed by atoms with Gasteiger partial charge in [-0.05, 0) is 12.1 Å². The van der Waals surface area contributed by atoms with Crippen LogP contribution < -0.4 is 0 Å². The van der Waals surface area contributed by atoms with E-state index in [2.05, 4.69) is 18.8 Å². The minimum Gasteiger partial charge on any atom is -0.307 e. The van der Waals surface area contributed by atoms with Crippen molar-refractivity contribution >= 4 is 5.65 Å². The number of fused-ring (bicyclic) bond motifs is 1. The van der Waals surface area contributed by atoms with E-state index in [1.807, 2.05) is 62.7 Å². The summed E-state index contributed by atoms with van der Waals surface area (Å²) in [5.74, 6) is 0. The molecule has 0 atom stereocenters. The summed E-state index contributed by atoms with van der Waals surface area (Å²) in [6.45, 7) is 12.2. The Morgan fingerprint density at radius 2 is 1.56 bits per heavy atom. The van der Waals surface area contributed by atoms with Crippen LogP contribution in [0.25, 0.3) is 5.65 Å². The van der Waals surface area contributed by atoms with Crippen LogP contribution in [-0.4, -0.2) is 9.38 Å². The van der Waals surface area contributed by atoms with Gasteiger partial charge in [-0.1, -0.05) is 54.0 Å². The molecule has 0 aliphatic carbocycles. The van der Waals surface area contributed by atoms with Crippen LogP contribution in [0.1, 0.15) is 48.0 Å². The summed E-state index contributed by atoms with van der Waals surface area (Å²) in [6, 6.07) is 5.93. The van der Waals surface area contributed by atoms with Gasteiger partial charge < -0.3 is 4.40 Å². The lowest BCUT2D eigenvalue weighted by Crippen LogP contribution is -1.77. The third-order valence-electron chi connectivity index (χ3n) is 1.30. The van der Waals surface area contributed by atoms with E-state index in [4.69, 9.17) is 0 Å². The third-order valence-corrected chi connectivity index (χ3v) is 1.30. The Kier molecular flexibility index (Phi) is 14.6. The molecule has 0 N–H and O–H groups in total. The first kappa shape index (κ1) is 17.1. The molecular weight excluding hydrogens is 196 g/mol. The second kappa shape index (κ2) is 13.7. The fourth-order valence-corrected chi connectivity index (χ4v) is 0.864. The Balaban J connectivity index is 0. The smallest absolute Gasteiger partial charge is 0.136 e. The number of imidazole rings is 1. The second-order valence-electron chi connectivity index (χ2n) is 2.60. The van der Waals surface area contributed by atoms with Crippen LogP contribution in [0.2, 0.25) is 0 Å². The molecule has 0 spiro atoms. The van der Waals surface area contributed by atoms with Crippen molar-refractivity contribution in [2.45, 2.75) is 48.0 Å². The van der Waals surface area contributed by atoms with Crippen molar-refractivity contribution in [3.05, 3.63) is 36.8 Å². The molecule has 0 aliphatic heterocycles. The third kappa shape index (κ3) is 7.04. The lowest BCUT2D eigenvalue weighted by atomic mass is 10.5. The minimum absolute atomic E-state index is 0.998. The summed E-state index contributed by atoms with van der Waals surface area (Å²) in [5.41, 5.74) is 0.998. The van der Waals surface area contributed by atoms with Crippen molar-refractivity contribution in [2.75, 3.05) is 0 Å². The molecule has 0 unspecified atom stereocenters. The van der Waals surface area contributed by atoms with Crippen LogP contribution in [0.4, 0.5) is 0 Å². The first-order chi connectivity index (χ1) is 7.88. The van der Waals surface area contributed by atoms with Crippen LogP contribution in [0, 0.1) is 0 Å². The molecular formula is C14H26N2. The molecule has 0 saturated heterocycles. The van der Waals surface area contributed by atoms with E-state index in [1.165, 1.54) is 6.42 Å². The van der Waals surface area contributed by atoms with Crippen molar-refractivity contribution < 1.29 is 0 Å². The Morgan fingerprint density at radius 3 is 2.06 bits per heavy atom. The molecule has 0 amide bonds. The van der Waals surface area contributed by atoms with Gasteiger partial charge in [0.25, 0.3) is 0 Å². The summed E-state index contributed by atoms with van der Waals surface area (Å²) in [7, 11) is 0. The highest BCUT2D eigenvalue weighted by molar-refractivity contribution is 5.36. The zero-order valence-electron chi connectivity index (χ0n) is 11.6. The normalized spacial score (nSPS) is 7.62. The Morgan fingerprint density at radius 1 is 1.00 bits per heavy atom. The summed E-state index contributed by atoms with van der Waals surface area (Å²) in [4.78, 5) is 4.08. The molecule has 0 saturated carbocycles. The molecule has 92 valence electrons. The number of hydrogen-bond acceptors (Lipinski definition) is 1. The van der Waals surface area contributed by atoms with E-state index in [-0.39, 0.29) is 0 Å². The van der Waals surface area contributed by atoms with Gasteiger partial charge in [0.05, 0.1) is 0 Å². The summed E-state index contributed by atoms with van der Waals surface area (Å²) < 4.78 is 1.97. The number of pyridine rings is 1. The van der Waals surface area contributed by atoms with Gasteiger partial charge in [-0.25, -0.2) is 4.98 Å². The Bertz CT molecular complexity index is 296. The molecule has 0 bridgehead atoms. The fourth-order valence-electron chi connectivity index (χ4n) is 0.864. The number of aromatic nitrogens is 2. The first-order valence-electron chi connectivity index (χ1n) is 6.26. The van der Waals surface area contributed by atoms with Crippen molar-refractivity contribution in [2.24, 2.45) is 0 Å². The van der Waals surface area contributed by atoms with Gasteiger partial charge in [-0.2, -0.15) is 0 Å². The van der Waals surface area contributed by atoms with E-state index in [0.717, 1.165) is 5.65 Å². The zero-order valence-corrected chi connectivity index (χ0v) is 11.6. The van der Waals surface area contributed by atoms with Crippen LogP contribution in [0.3, 0.4) is 0 Å². The molecule has 2 rings (SSSR count). The Labute approximate surface area is 100 Å². The number of rotatable bonds is 0. The molecule has 0 aliphatic rings. The van der Waals surface area contributed by atoms with Gasteiger partial charge in [-0.15, -0.1) is 0 Å².